The van der Waals surface area contributed by atoms with Gasteiger partial charge in [-0.2, -0.15) is 5.10 Å². The van der Waals surface area contributed by atoms with Crippen LogP contribution in [-0.2, 0) is 6.54 Å². The van der Waals surface area contributed by atoms with Gasteiger partial charge in [0.2, 0.25) is 0 Å². The van der Waals surface area contributed by atoms with Crippen molar-refractivity contribution in [2.75, 3.05) is 0 Å². The first kappa shape index (κ1) is 10.8. The molecule has 1 N–H and O–H groups in total. The second-order valence-corrected chi connectivity index (χ2v) is 4.06. The van der Waals surface area contributed by atoms with Crippen molar-refractivity contribution in [2.24, 2.45) is 0 Å². The molecular weight excluding hydrogens is 274 g/mol. The van der Waals surface area contributed by atoms with Gasteiger partial charge in [0, 0.05) is 16.9 Å². The Morgan fingerprint density at radius 3 is 2.88 bits per heavy atom. The second kappa shape index (κ2) is 4.44. The summed E-state index contributed by atoms with van der Waals surface area (Å²) in [6.45, 7) is 0.349. The summed E-state index contributed by atoms with van der Waals surface area (Å²) in [5, 5.41) is 12.8. The van der Waals surface area contributed by atoms with E-state index in [0.717, 1.165) is 10.2 Å². The molecule has 0 atom stereocenters. The highest BCUT2D eigenvalue weighted by Gasteiger charge is 2.10. The predicted molar refractivity (Wildman–Crippen MR) is 60.2 cm³/mol. The van der Waals surface area contributed by atoms with Crippen LogP contribution in [0.5, 0.6) is 0 Å². The van der Waals surface area contributed by atoms with Crippen LogP contribution in [0.3, 0.4) is 0 Å². The van der Waals surface area contributed by atoms with E-state index < -0.39 is 5.97 Å². The molecule has 2 heterocycles. The number of carbonyl (C=O) groups is 1. The molecule has 0 unspecified atom stereocenters. The van der Waals surface area contributed by atoms with Crippen LogP contribution in [0.25, 0.3) is 0 Å². The topological polar surface area (TPSA) is 68.0 Å². The number of hydrogen-bond donors (Lipinski definition) is 1. The smallest absolute Gasteiger partial charge is 0.354 e. The van der Waals surface area contributed by atoms with E-state index in [9.17, 15) is 4.79 Å². The first-order valence-electron chi connectivity index (χ1n) is 4.52. The molecule has 0 spiro atoms. The standard InChI is InChI=1S/C10H8BrN3O2/c11-7-1-2-8(12-5-7)6-14-9(10(15)16)3-4-13-14/h1-5H,6H2,(H,15,16). The molecule has 0 aliphatic rings. The Kier molecular flexibility index (Phi) is 3.00. The van der Waals surface area contributed by atoms with Gasteiger partial charge in [-0.25, -0.2) is 4.79 Å². The van der Waals surface area contributed by atoms with Gasteiger partial charge in [0.15, 0.2) is 0 Å². The van der Waals surface area contributed by atoms with Crippen molar-refractivity contribution in [1.29, 1.82) is 0 Å². The molecule has 0 saturated carbocycles. The van der Waals surface area contributed by atoms with E-state index in [0.29, 0.717) is 6.54 Å². The minimum Gasteiger partial charge on any atom is -0.477 e. The Labute approximate surface area is 99.9 Å². The van der Waals surface area contributed by atoms with Crippen LogP contribution < -0.4 is 0 Å². The maximum absolute atomic E-state index is 10.8. The SMILES string of the molecule is O=C(O)c1ccnn1Cc1ccc(Br)cn1. The zero-order chi connectivity index (χ0) is 11.5. The molecule has 0 radical (unpaired) electrons. The summed E-state index contributed by atoms with van der Waals surface area (Å²) in [6.07, 6.45) is 3.13. The number of hydrogen-bond acceptors (Lipinski definition) is 3. The lowest BCUT2D eigenvalue weighted by Gasteiger charge is -2.03. The second-order valence-electron chi connectivity index (χ2n) is 3.15. The Morgan fingerprint density at radius 1 is 1.44 bits per heavy atom. The molecule has 2 rings (SSSR count). The number of aromatic nitrogens is 3. The van der Waals surface area contributed by atoms with Gasteiger partial charge >= 0.3 is 5.97 Å². The zero-order valence-electron chi connectivity index (χ0n) is 8.17. The lowest BCUT2D eigenvalue weighted by Crippen LogP contribution is -2.11. The molecular formula is C10H8BrN3O2. The Morgan fingerprint density at radius 2 is 2.25 bits per heavy atom. The molecule has 0 amide bonds. The van der Waals surface area contributed by atoms with Crippen molar-refractivity contribution in [3.63, 3.8) is 0 Å². The predicted octanol–water partition coefficient (Wildman–Crippen LogP) is 1.79. The van der Waals surface area contributed by atoms with Gasteiger partial charge in [-0.15, -0.1) is 0 Å². The van der Waals surface area contributed by atoms with E-state index in [4.69, 9.17) is 5.11 Å². The number of carboxylic acids is 1. The molecule has 2 aromatic rings. The summed E-state index contributed by atoms with van der Waals surface area (Å²) < 4.78 is 2.29. The first-order valence-corrected chi connectivity index (χ1v) is 5.31. The van der Waals surface area contributed by atoms with Gasteiger partial charge < -0.3 is 5.11 Å². The van der Waals surface area contributed by atoms with Crippen LogP contribution in [0.1, 0.15) is 16.2 Å². The largest absolute Gasteiger partial charge is 0.477 e. The fraction of sp³-hybridized carbons (Fsp3) is 0.100. The van der Waals surface area contributed by atoms with Crippen LogP contribution in [0.4, 0.5) is 0 Å². The molecule has 16 heavy (non-hydrogen) atoms. The monoisotopic (exact) mass is 281 g/mol. The normalized spacial score (nSPS) is 10.3. The molecule has 6 heteroatoms. The maximum Gasteiger partial charge on any atom is 0.354 e. The van der Waals surface area contributed by atoms with Crippen LogP contribution >= 0.6 is 15.9 Å². The number of pyridine rings is 1. The van der Waals surface area contributed by atoms with Crippen molar-refractivity contribution >= 4 is 21.9 Å². The highest BCUT2D eigenvalue weighted by molar-refractivity contribution is 9.10. The van der Waals surface area contributed by atoms with E-state index in [2.05, 4.69) is 26.0 Å². The maximum atomic E-state index is 10.8. The van der Waals surface area contributed by atoms with Crippen molar-refractivity contribution in [1.82, 2.24) is 14.8 Å². The fourth-order valence-electron chi connectivity index (χ4n) is 1.29. The van der Waals surface area contributed by atoms with Crippen molar-refractivity contribution < 1.29 is 9.90 Å². The average molecular weight is 282 g/mol. The van der Waals surface area contributed by atoms with E-state index >= 15 is 0 Å². The highest BCUT2D eigenvalue weighted by atomic mass is 79.9. The molecule has 0 bridgehead atoms. The number of carboxylic acid groups (broad SMARTS) is 1. The van der Waals surface area contributed by atoms with Gasteiger partial charge in [-0.05, 0) is 34.1 Å². The quantitative estimate of drug-likeness (QED) is 0.931. The number of halogens is 1. The minimum absolute atomic E-state index is 0.157. The van der Waals surface area contributed by atoms with Gasteiger partial charge in [-0.1, -0.05) is 0 Å². The van der Waals surface area contributed by atoms with Gasteiger partial charge in [0.1, 0.15) is 5.69 Å². The molecule has 0 aliphatic carbocycles. The average Bonchev–Trinajstić information content (AvgIpc) is 2.69. The first-order chi connectivity index (χ1) is 7.66. The third-order valence-electron chi connectivity index (χ3n) is 2.04. The molecule has 2 aromatic heterocycles. The minimum atomic E-state index is -0.991. The molecule has 0 aliphatic heterocycles. The molecule has 5 nitrogen and oxygen atoms in total. The van der Waals surface area contributed by atoms with Gasteiger partial charge in [0.25, 0.3) is 0 Å². The molecule has 0 fully saturated rings. The van der Waals surface area contributed by atoms with Gasteiger partial charge in [0.05, 0.1) is 12.2 Å². The molecule has 0 saturated heterocycles. The Bertz CT molecular complexity index is 507. The highest BCUT2D eigenvalue weighted by Crippen LogP contribution is 2.09. The number of aromatic carboxylic acids is 1. The third kappa shape index (κ3) is 2.27. The molecule has 0 aromatic carbocycles. The van der Waals surface area contributed by atoms with E-state index in [1.807, 2.05) is 12.1 Å². The summed E-state index contributed by atoms with van der Waals surface area (Å²) in [7, 11) is 0. The lowest BCUT2D eigenvalue weighted by atomic mass is 10.3. The molecule has 82 valence electrons. The fourth-order valence-corrected chi connectivity index (χ4v) is 1.53. The zero-order valence-corrected chi connectivity index (χ0v) is 9.75. The van der Waals surface area contributed by atoms with Crippen LogP contribution in [-0.4, -0.2) is 25.8 Å². The summed E-state index contributed by atoms with van der Waals surface area (Å²) in [5.74, 6) is -0.991. The van der Waals surface area contributed by atoms with Crippen LogP contribution in [0.15, 0.2) is 35.1 Å². The summed E-state index contributed by atoms with van der Waals surface area (Å²) in [4.78, 5) is 15.0. The summed E-state index contributed by atoms with van der Waals surface area (Å²) >= 11 is 3.28. The summed E-state index contributed by atoms with van der Waals surface area (Å²) in [5.41, 5.74) is 0.916. The van der Waals surface area contributed by atoms with Crippen molar-refractivity contribution in [2.45, 2.75) is 6.54 Å². The van der Waals surface area contributed by atoms with Crippen molar-refractivity contribution in [3.8, 4) is 0 Å². The van der Waals surface area contributed by atoms with E-state index in [1.165, 1.54) is 16.9 Å². The van der Waals surface area contributed by atoms with Crippen LogP contribution in [0, 0.1) is 0 Å². The Hall–Kier alpha value is -1.69. The summed E-state index contributed by atoms with van der Waals surface area (Å²) in [6, 6.07) is 5.13. The Balaban J connectivity index is 2.23. The number of rotatable bonds is 3. The van der Waals surface area contributed by atoms with E-state index in [-0.39, 0.29) is 5.69 Å². The lowest BCUT2D eigenvalue weighted by molar-refractivity contribution is 0.0684. The third-order valence-corrected chi connectivity index (χ3v) is 2.51. The number of nitrogens with zero attached hydrogens (tertiary/aromatic N) is 3. The van der Waals surface area contributed by atoms with Crippen molar-refractivity contribution in [3.05, 3.63) is 46.5 Å². The van der Waals surface area contributed by atoms with Gasteiger partial charge in [-0.3, -0.25) is 9.67 Å². The van der Waals surface area contributed by atoms with E-state index in [1.54, 1.807) is 6.20 Å². The van der Waals surface area contributed by atoms with Crippen LogP contribution in [0.2, 0.25) is 0 Å².